The van der Waals surface area contributed by atoms with Gasteiger partial charge in [0.05, 0.1) is 32.8 Å². The Labute approximate surface area is 298 Å². The number of thiazole rings is 1. The van der Waals surface area contributed by atoms with Crippen molar-refractivity contribution in [3.8, 4) is 0 Å². The van der Waals surface area contributed by atoms with Crippen LogP contribution in [0.1, 0.15) is 36.3 Å². The van der Waals surface area contributed by atoms with Crippen LogP contribution in [-0.4, -0.2) is 71.7 Å². The molecule has 2 aromatic heterocycles. The lowest BCUT2D eigenvalue weighted by atomic mass is 9.77. The third-order valence-corrected chi connectivity index (χ3v) is 11.0. The number of hydrogen-bond donors (Lipinski definition) is 2. The van der Waals surface area contributed by atoms with Crippen molar-refractivity contribution in [1.29, 1.82) is 0 Å². The molecule has 0 spiro atoms. The first-order valence-electron chi connectivity index (χ1n) is 15.8. The number of esters is 1. The minimum atomic E-state index is -0.907. The van der Waals surface area contributed by atoms with Crippen molar-refractivity contribution in [3.63, 3.8) is 0 Å². The van der Waals surface area contributed by atoms with Crippen LogP contribution in [0.5, 0.6) is 0 Å². The van der Waals surface area contributed by atoms with E-state index in [1.54, 1.807) is 13.3 Å². The highest BCUT2D eigenvalue weighted by Gasteiger charge is 2.60. The summed E-state index contributed by atoms with van der Waals surface area (Å²) in [5, 5.41) is 35.6. The van der Waals surface area contributed by atoms with Crippen LogP contribution in [0, 0.1) is 32.1 Å². The predicted octanol–water partition coefficient (Wildman–Crippen LogP) is 4.93. The molecule has 18 heteroatoms. The van der Waals surface area contributed by atoms with E-state index in [4.69, 9.17) is 9.47 Å². The van der Waals surface area contributed by atoms with Crippen molar-refractivity contribution in [2.45, 2.75) is 50.7 Å². The number of aliphatic hydroxyl groups excluding tert-OH is 1. The number of alkyl carbamates (subject to hydrolysis) is 1. The first-order chi connectivity index (χ1) is 24.4. The van der Waals surface area contributed by atoms with Gasteiger partial charge in [-0.05, 0) is 48.7 Å². The molecule has 266 valence electrons. The third kappa shape index (κ3) is 7.28. The fraction of sp³-hybridized carbons (Fsp3) is 0.333. The molecule has 0 saturated carbocycles. The monoisotopic (exact) mass is 736 g/mol. The number of carbonyl (C=O) groups excluding carboxylic acids is 3. The highest BCUT2D eigenvalue weighted by molar-refractivity contribution is 7.99. The Kier molecular flexibility index (Phi) is 10.4. The van der Waals surface area contributed by atoms with Gasteiger partial charge in [-0.2, -0.15) is 0 Å². The van der Waals surface area contributed by atoms with Crippen molar-refractivity contribution in [3.05, 3.63) is 103 Å². The summed E-state index contributed by atoms with van der Waals surface area (Å²) in [6.07, 6.45) is 2.61. The number of non-ortho nitro benzene ring substituents is 2. The van der Waals surface area contributed by atoms with Gasteiger partial charge in [0, 0.05) is 54.3 Å². The number of imidazole rings is 1. The number of benzene rings is 2. The summed E-state index contributed by atoms with van der Waals surface area (Å²) in [4.78, 5) is 67.2. The molecule has 2 N–H and O–H groups in total. The van der Waals surface area contributed by atoms with E-state index in [0.29, 0.717) is 35.4 Å². The van der Waals surface area contributed by atoms with Gasteiger partial charge in [-0.25, -0.2) is 14.6 Å². The molecule has 0 aliphatic carbocycles. The summed E-state index contributed by atoms with van der Waals surface area (Å²) >= 11 is 2.91. The zero-order valence-corrected chi connectivity index (χ0v) is 28.9. The van der Waals surface area contributed by atoms with Crippen LogP contribution in [0.15, 0.2) is 71.8 Å². The first-order valence-corrected chi connectivity index (χ1v) is 17.6. The number of rotatable bonds is 14. The smallest absolute Gasteiger partial charge is 0.407 e. The van der Waals surface area contributed by atoms with Gasteiger partial charge in [0.15, 0.2) is 0 Å². The lowest BCUT2D eigenvalue weighted by Gasteiger charge is -2.46. The maximum atomic E-state index is 13.6. The number of aliphatic hydroxyl groups is 1. The molecule has 2 aliphatic rings. The number of carbonyl (C=O) groups is 3. The average Bonchev–Trinajstić information content (AvgIpc) is 3.76. The summed E-state index contributed by atoms with van der Waals surface area (Å²) in [6.45, 7) is 3.65. The molecular weight excluding hydrogens is 705 g/mol. The van der Waals surface area contributed by atoms with Crippen molar-refractivity contribution in [2.75, 3.05) is 12.3 Å². The maximum absolute atomic E-state index is 13.6. The van der Waals surface area contributed by atoms with Gasteiger partial charge in [0.1, 0.15) is 35.1 Å². The number of thioether (sulfide) groups is 1. The molecule has 0 unspecified atom stereocenters. The Morgan fingerprint density at radius 3 is 2.24 bits per heavy atom. The van der Waals surface area contributed by atoms with E-state index in [2.05, 4.69) is 10.3 Å². The van der Waals surface area contributed by atoms with Gasteiger partial charge in [0.2, 0.25) is 5.91 Å². The Balaban J connectivity index is 1.10. The van der Waals surface area contributed by atoms with Crippen LogP contribution < -0.4 is 5.32 Å². The highest BCUT2D eigenvalue weighted by Crippen LogP contribution is 2.52. The minimum absolute atomic E-state index is 0.0213. The van der Waals surface area contributed by atoms with Gasteiger partial charge < -0.3 is 24.8 Å². The quantitative estimate of drug-likeness (QED) is 0.0441. The normalized spacial score (nSPS) is 18.7. The molecule has 2 aliphatic heterocycles. The van der Waals surface area contributed by atoms with Crippen LogP contribution in [-0.2, 0) is 32.3 Å². The van der Waals surface area contributed by atoms with Gasteiger partial charge in [0.25, 0.3) is 11.4 Å². The van der Waals surface area contributed by atoms with Crippen molar-refractivity contribution in [1.82, 2.24) is 19.6 Å². The molecule has 16 nitrogen and oxygen atoms in total. The molecule has 2 aromatic carbocycles. The molecule has 4 atom stereocenters. The number of nitrogens with one attached hydrogen (secondary N) is 1. The van der Waals surface area contributed by atoms with Gasteiger partial charge >= 0.3 is 12.1 Å². The molecule has 0 radical (unpaired) electrons. The highest BCUT2D eigenvalue weighted by atomic mass is 32.2. The number of β-lactam (4-membered cyclic amide) rings is 1. The predicted molar refractivity (Wildman–Crippen MR) is 184 cm³/mol. The number of hydrogen-bond acceptors (Lipinski definition) is 13. The number of fused-ring (bicyclic) bond motifs is 2. The van der Waals surface area contributed by atoms with E-state index in [0.717, 1.165) is 14.7 Å². The lowest BCUT2D eigenvalue weighted by molar-refractivity contribution is -0.385. The summed E-state index contributed by atoms with van der Waals surface area (Å²) in [7, 11) is 0. The SMILES string of the molecule is C[C@@H](O)[C@H]1C(=O)N2C(C(=O)OCc3ccc([N+](=O)[O-])cc3)=C(c3cn4cnc(SCCCNC(=O)OCc5ccc([N+](=O)[O-])cc5)c4s3)[C@H](C)[C@H]12. The molecule has 51 heavy (non-hydrogen) atoms. The van der Waals surface area contributed by atoms with E-state index in [1.807, 2.05) is 17.5 Å². The van der Waals surface area contributed by atoms with Crippen LogP contribution >= 0.6 is 23.1 Å². The van der Waals surface area contributed by atoms with Crippen molar-refractivity contribution < 1.29 is 38.8 Å². The molecule has 1 saturated heterocycles. The standard InChI is InChI=1S/C33H32N6O10S2/c1-18-25(28(37-27(18)26(19(2)40)30(37)41)32(42)48-15-20-4-8-22(9-5-20)38(44)45)24-14-36-17-35-29(31(36)51-24)50-13-3-12-34-33(43)49-16-21-6-10-23(11-7-21)39(46)47/h4-11,14,17-19,26-27,40H,3,12-13,15-16H2,1-2H3,(H,34,43)/t18-,19+,26+,27+/m0/s1. The fourth-order valence-corrected chi connectivity index (χ4v) is 8.41. The van der Waals surface area contributed by atoms with E-state index < -0.39 is 40.0 Å². The second-order valence-corrected chi connectivity index (χ2v) is 14.1. The first kappa shape index (κ1) is 35.5. The largest absolute Gasteiger partial charge is 0.456 e. The third-order valence-electron chi connectivity index (χ3n) is 8.67. The number of amides is 2. The second-order valence-electron chi connectivity index (χ2n) is 12.0. The van der Waals surface area contributed by atoms with Crippen LogP contribution in [0.4, 0.5) is 16.2 Å². The molecule has 0 bridgehead atoms. The van der Waals surface area contributed by atoms with Gasteiger partial charge in [-0.1, -0.05) is 6.92 Å². The summed E-state index contributed by atoms with van der Waals surface area (Å²) < 4.78 is 12.7. The van der Waals surface area contributed by atoms with E-state index in [1.165, 1.54) is 76.5 Å². The summed E-state index contributed by atoms with van der Waals surface area (Å²) in [5.74, 6) is -1.39. The Morgan fingerprint density at radius 2 is 1.65 bits per heavy atom. The van der Waals surface area contributed by atoms with Crippen LogP contribution in [0.25, 0.3) is 10.4 Å². The Bertz CT molecular complexity index is 2030. The number of ether oxygens (including phenoxy) is 2. The fourth-order valence-electron chi connectivity index (χ4n) is 6.16. The number of nitro groups is 2. The maximum Gasteiger partial charge on any atom is 0.407 e. The van der Waals surface area contributed by atoms with Gasteiger partial charge in [-0.3, -0.25) is 29.4 Å². The van der Waals surface area contributed by atoms with E-state index >= 15 is 0 Å². The van der Waals surface area contributed by atoms with E-state index in [9.17, 15) is 39.7 Å². The van der Waals surface area contributed by atoms with Crippen LogP contribution in [0.3, 0.4) is 0 Å². The number of nitrogens with zero attached hydrogens (tertiary/aromatic N) is 5. The number of nitro benzene ring substituents is 2. The average molecular weight is 737 g/mol. The summed E-state index contributed by atoms with van der Waals surface area (Å²) in [5.41, 5.74) is 1.78. The molecule has 4 aromatic rings. The summed E-state index contributed by atoms with van der Waals surface area (Å²) in [6, 6.07) is 11.0. The Hall–Kier alpha value is -5.33. The Morgan fingerprint density at radius 1 is 1.04 bits per heavy atom. The molecule has 2 amide bonds. The molecular formula is C33H32N6O10S2. The minimum Gasteiger partial charge on any atom is -0.456 e. The van der Waals surface area contributed by atoms with Crippen molar-refractivity contribution in [2.24, 2.45) is 11.8 Å². The number of aromatic nitrogens is 2. The molecule has 6 rings (SSSR count). The topological polar surface area (TPSA) is 209 Å². The zero-order valence-electron chi connectivity index (χ0n) is 27.3. The van der Waals surface area contributed by atoms with Crippen LogP contribution in [0.2, 0.25) is 0 Å². The molecule has 1 fully saturated rings. The zero-order chi connectivity index (χ0) is 36.4. The second kappa shape index (κ2) is 14.9. The molecule has 4 heterocycles. The van der Waals surface area contributed by atoms with Gasteiger partial charge in [-0.15, -0.1) is 23.1 Å². The van der Waals surface area contributed by atoms with E-state index in [-0.39, 0.29) is 42.1 Å². The lowest BCUT2D eigenvalue weighted by Crippen LogP contribution is -2.63. The van der Waals surface area contributed by atoms with Crippen molar-refractivity contribution >= 4 is 62.8 Å².